The van der Waals surface area contributed by atoms with Gasteiger partial charge in [0.15, 0.2) is 0 Å². The number of benzene rings is 2. The molecule has 3 aromatic rings. The normalized spacial score (nSPS) is 10.9. The van der Waals surface area contributed by atoms with Crippen LogP contribution in [0, 0.1) is 5.82 Å². The van der Waals surface area contributed by atoms with Crippen LogP contribution in [-0.2, 0) is 17.8 Å². The molecule has 5 nitrogen and oxygen atoms in total. The molecule has 0 spiro atoms. The zero-order chi connectivity index (χ0) is 16.9. The predicted octanol–water partition coefficient (Wildman–Crippen LogP) is 2.75. The molecule has 0 aliphatic heterocycles. The molecule has 0 radical (unpaired) electrons. The molecular formula is C18H18FN3O2. The van der Waals surface area contributed by atoms with E-state index in [0.29, 0.717) is 18.7 Å². The molecule has 0 bridgehead atoms. The van der Waals surface area contributed by atoms with Crippen LogP contribution in [0.2, 0.25) is 0 Å². The van der Waals surface area contributed by atoms with Crippen LogP contribution in [0.3, 0.4) is 0 Å². The minimum absolute atomic E-state index is 0.264. The summed E-state index contributed by atoms with van der Waals surface area (Å²) >= 11 is 0. The second-order valence-electron chi connectivity index (χ2n) is 5.35. The van der Waals surface area contributed by atoms with Gasteiger partial charge in [0.25, 0.3) is 5.91 Å². The smallest absolute Gasteiger partial charge is 0.251 e. The fraction of sp³-hybridized carbons (Fsp3) is 0.222. The van der Waals surface area contributed by atoms with Crippen molar-refractivity contribution in [3.63, 3.8) is 0 Å². The van der Waals surface area contributed by atoms with Gasteiger partial charge in [-0.3, -0.25) is 4.79 Å². The molecule has 0 unspecified atom stereocenters. The van der Waals surface area contributed by atoms with E-state index in [0.717, 1.165) is 16.9 Å². The Morgan fingerprint density at radius 2 is 1.96 bits per heavy atom. The summed E-state index contributed by atoms with van der Waals surface area (Å²) < 4.78 is 20.1. The molecule has 0 aliphatic carbocycles. The number of fused-ring (bicyclic) bond motifs is 1. The molecule has 6 heteroatoms. The highest BCUT2D eigenvalue weighted by atomic mass is 19.1. The van der Waals surface area contributed by atoms with E-state index in [4.69, 9.17) is 4.74 Å². The van der Waals surface area contributed by atoms with Crippen molar-refractivity contribution in [2.45, 2.75) is 13.1 Å². The third-order valence-electron chi connectivity index (χ3n) is 3.77. The first-order chi connectivity index (χ1) is 11.7. The molecule has 0 aliphatic rings. The van der Waals surface area contributed by atoms with Gasteiger partial charge in [-0.25, -0.2) is 9.37 Å². The number of imidazole rings is 1. The second-order valence-corrected chi connectivity index (χ2v) is 5.35. The lowest BCUT2D eigenvalue weighted by molar-refractivity contribution is 0.0949. The monoisotopic (exact) mass is 327 g/mol. The van der Waals surface area contributed by atoms with Crippen molar-refractivity contribution in [3.8, 4) is 0 Å². The molecular weight excluding hydrogens is 309 g/mol. The number of aromatic nitrogens is 2. The van der Waals surface area contributed by atoms with Gasteiger partial charge in [-0.15, -0.1) is 0 Å². The van der Waals surface area contributed by atoms with E-state index in [2.05, 4.69) is 10.3 Å². The Balaban J connectivity index is 1.78. The molecule has 0 saturated heterocycles. The van der Waals surface area contributed by atoms with E-state index >= 15 is 0 Å². The number of amides is 1. The molecule has 0 fully saturated rings. The summed E-state index contributed by atoms with van der Waals surface area (Å²) in [4.78, 5) is 16.8. The Hall–Kier alpha value is -2.73. The highest BCUT2D eigenvalue weighted by molar-refractivity contribution is 5.94. The third kappa shape index (κ3) is 3.44. The van der Waals surface area contributed by atoms with E-state index in [1.807, 2.05) is 28.8 Å². The highest BCUT2D eigenvalue weighted by Crippen LogP contribution is 2.16. The number of hydrogen-bond acceptors (Lipinski definition) is 3. The van der Waals surface area contributed by atoms with Crippen molar-refractivity contribution >= 4 is 16.9 Å². The van der Waals surface area contributed by atoms with Crippen LogP contribution in [0.1, 0.15) is 16.2 Å². The first-order valence-electron chi connectivity index (χ1n) is 7.66. The molecule has 1 amide bonds. The van der Waals surface area contributed by atoms with Gasteiger partial charge in [-0.2, -0.15) is 0 Å². The van der Waals surface area contributed by atoms with Crippen LogP contribution in [0.5, 0.6) is 0 Å². The number of methoxy groups -OCH3 is 1. The largest absolute Gasteiger partial charge is 0.383 e. The van der Waals surface area contributed by atoms with E-state index in [1.54, 1.807) is 7.11 Å². The maximum Gasteiger partial charge on any atom is 0.251 e. The number of para-hydroxylation sites is 2. The summed E-state index contributed by atoms with van der Waals surface area (Å²) in [6, 6.07) is 13.3. The number of rotatable bonds is 6. The summed E-state index contributed by atoms with van der Waals surface area (Å²) in [5.74, 6) is 0.122. The topological polar surface area (TPSA) is 56.1 Å². The van der Waals surface area contributed by atoms with Crippen LogP contribution >= 0.6 is 0 Å². The van der Waals surface area contributed by atoms with Gasteiger partial charge < -0.3 is 14.6 Å². The van der Waals surface area contributed by atoms with Gasteiger partial charge in [0.1, 0.15) is 11.6 Å². The summed E-state index contributed by atoms with van der Waals surface area (Å²) in [5.41, 5.74) is 2.29. The van der Waals surface area contributed by atoms with Crippen LogP contribution in [0.15, 0.2) is 48.5 Å². The van der Waals surface area contributed by atoms with Crippen molar-refractivity contribution in [2.24, 2.45) is 0 Å². The Kier molecular flexibility index (Phi) is 4.86. The lowest BCUT2D eigenvalue weighted by atomic mass is 10.2. The molecule has 2 aromatic carbocycles. The third-order valence-corrected chi connectivity index (χ3v) is 3.77. The second kappa shape index (κ2) is 7.23. The first-order valence-corrected chi connectivity index (χ1v) is 7.66. The molecule has 1 aromatic heterocycles. The molecule has 1 heterocycles. The molecule has 124 valence electrons. The quantitative estimate of drug-likeness (QED) is 0.757. The molecule has 3 rings (SSSR count). The van der Waals surface area contributed by atoms with Crippen molar-refractivity contribution in [1.29, 1.82) is 0 Å². The summed E-state index contributed by atoms with van der Waals surface area (Å²) in [6.45, 7) is 1.49. The average Bonchev–Trinajstić information content (AvgIpc) is 2.96. The number of hydrogen-bond donors (Lipinski definition) is 1. The lowest BCUT2D eigenvalue weighted by Crippen LogP contribution is -2.25. The Labute approximate surface area is 139 Å². The van der Waals surface area contributed by atoms with Crippen LogP contribution in [-0.4, -0.2) is 29.2 Å². The van der Waals surface area contributed by atoms with Crippen molar-refractivity contribution in [2.75, 3.05) is 13.7 Å². The number of nitrogens with one attached hydrogen (secondary N) is 1. The maximum atomic E-state index is 12.9. The SMILES string of the molecule is COCCn1c(CNC(=O)c2ccc(F)cc2)nc2ccccc21. The van der Waals surface area contributed by atoms with E-state index < -0.39 is 0 Å². The predicted molar refractivity (Wildman–Crippen MR) is 89.2 cm³/mol. The molecule has 0 saturated carbocycles. The molecule has 1 N–H and O–H groups in total. The molecule has 0 atom stereocenters. The van der Waals surface area contributed by atoms with Gasteiger partial charge in [0.05, 0.1) is 24.2 Å². The fourth-order valence-electron chi connectivity index (χ4n) is 2.56. The number of nitrogens with zero attached hydrogens (tertiary/aromatic N) is 2. The Morgan fingerprint density at radius 3 is 2.71 bits per heavy atom. The van der Waals surface area contributed by atoms with Gasteiger partial charge in [-0.05, 0) is 36.4 Å². The van der Waals surface area contributed by atoms with E-state index in [-0.39, 0.29) is 18.3 Å². The minimum atomic E-state index is -0.368. The van der Waals surface area contributed by atoms with Crippen LogP contribution in [0.25, 0.3) is 11.0 Å². The fourth-order valence-corrected chi connectivity index (χ4v) is 2.56. The number of halogens is 1. The number of carbonyl (C=O) groups is 1. The van der Waals surface area contributed by atoms with Crippen LogP contribution in [0.4, 0.5) is 4.39 Å². The molecule has 24 heavy (non-hydrogen) atoms. The number of ether oxygens (including phenoxy) is 1. The van der Waals surface area contributed by atoms with Crippen LogP contribution < -0.4 is 5.32 Å². The average molecular weight is 327 g/mol. The van der Waals surface area contributed by atoms with Crippen molar-refractivity contribution < 1.29 is 13.9 Å². The van der Waals surface area contributed by atoms with Gasteiger partial charge >= 0.3 is 0 Å². The van der Waals surface area contributed by atoms with Crippen molar-refractivity contribution in [1.82, 2.24) is 14.9 Å². The summed E-state index contributed by atoms with van der Waals surface area (Å²) in [7, 11) is 1.65. The van der Waals surface area contributed by atoms with Gasteiger partial charge in [-0.1, -0.05) is 12.1 Å². The summed E-state index contributed by atoms with van der Waals surface area (Å²) in [5, 5.41) is 2.83. The standard InChI is InChI=1S/C18H18FN3O2/c1-24-11-10-22-16-5-3-2-4-15(16)21-17(22)12-20-18(23)13-6-8-14(19)9-7-13/h2-9H,10-12H2,1H3,(H,20,23). The first kappa shape index (κ1) is 16.1. The minimum Gasteiger partial charge on any atom is -0.383 e. The van der Waals surface area contributed by atoms with Gasteiger partial charge in [0, 0.05) is 19.2 Å². The van der Waals surface area contributed by atoms with Crippen molar-refractivity contribution in [3.05, 3.63) is 65.7 Å². The highest BCUT2D eigenvalue weighted by Gasteiger charge is 2.12. The zero-order valence-electron chi connectivity index (χ0n) is 13.3. The Bertz CT molecular complexity index is 843. The zero-order valence-corrected chi connectivity index (χ0v) is 13.3. The van der Waals surface area contributed by atoms with E-state index in [9.17, 15) is 9.18 Å². The van der Waals surface area contributed by atoms with E-state index in [1.165, 1.54) is 24.3 Å². The maximum absolute atomic E-state index is 12.9. The number of carbonyl (C=O) groups excluding carboxylic acids is 1. The van der Waals surface area contributed by atoms with Gasteiger partial charge in [0.2, 0.25) is 0 Å². The summed E-state index contributed by atoms with van der Waals surface area (Å²) in [6.07, 6.45) is 0. The lowest BCUT2D eigenvalue weighted by Gasteiger charge is -2.10. The Morgan fingerprint density at radius 1 is 1.21 bits per heavy atom.